The average Bonchev–Trinajstić information content (AvgIpc) is 3.23. The first-order valence-corrected chi connectivity index (χ1v) is 14.0. The highest BCUT2D eigenvalue weighted by molar-refractivity contribution is 5.99. The van der Waals surface area contributed by atoms with E-state index in [0.29, 0.717) is 41.2 Å². The second-order valence-corrected chi connectivity index (χ2v) is 10.3. The number of hydrogen-bond acceptors (Lipinski definition) is 7. The first kappa shape index (κ1) is 27.2. The third-order valence-electron chi connectivity index (χ3n) is 7.61. The normalized spacial score (nSPS) is 17.6. The predicted octanol–water partition coefficient (Wildman–Crippen LogP) is 4.95. The number of nitrogens with zero attached hydrogens (tertiary/aromatic N) is 2. The first-order chi connectivity index (χ1) is 19.0. The SMILES string of the molecule is CCCCCOc1ccc(C2c3c(oc4ccc(C)cc4c3=O)C(=O)N2CCCN2CCOCC2)cc1OC. The summed E-state index contributed by atoms with van der Waals surface area (Å²) in [6.45, 7) is 9.29. The number of rotatable bonds is 11. The van der Waals surface area contributed by atoms with Gasteiger partial charge in [-0.1, -0.05) is 37.5 Å². The Morgan fingerprint density at radius 1 is 0.974 bits per heavy atom. The van der Waals surface area contributed by atoms with Gasteiger partial charge in [0.15, 0.2) is 16.9 Å². The average molecular weight is 535 g/mol. The second-order valence-electron chi connectivity index (χ2n) is 10.3. The monoisotopic (exact) mass is 534 g/mol. The summed E-state index contributed by atoms with van der Waals surface area (Å²) in [6, 6.07) is 10.6. The molecular formula is C31H38N2O6. The molecule has 1 saturated heterocycles. The number of fused-ring (bicyclic) bond motifs is 2. The van der Waals surface area contributed by atoms with E-state index in [1.807, 2.05) is 37.3 Å². The van der Waals surface area contributed by atoms with Gasteiger partial charge in [0.05, 0.1) is 43.9 Å². The van der Waals surface area contributed by atoms with Crippen LogP contribution >= 0.6 is 0 Å². The fraction of sp³-hybridized carbons (Fsp3) is 0.484. The molecule has 39 heavy (non-hydrogen) atoms. The van der Waals surface area contributed by atoms with Gasteiger partial charge in [-0.15, -0.1) is 0 Å². The molecule has 2 aliphatic rings. The first-order valence-electron chi connectivity index (χ1n) is 14.0. The van der Waals surface area contributed by atoms with Gasteiger partial charge in [-0.3, -0.25) is 14.5 Å². The maximum absolute atomic E-state index is 13.9. The van der Waals surface area contributed by atoms with Gasteiger partial charge in [0.25, 0.3) is 5.91 Å². The molecule has 0 bridgehead atoms. The molecule has 5 rings (SSSR count). The van der Waals surface area contributed by atoms with Crippen molar-refractivity contribution in [2.75, 3.05) is 53.1 Å². The summed E-state index contributed by atoms with van der Waals surface area (Å²) in [6.07, 6.45) is 3.96. The maximum atomic E-state index is 13.9. The van der Waals surface area contributed by atoms with Crippen LogP contribution in [-0.4, -0.2) is 68.8 Å². The van der Waals surface area contributed by atoms with Crippen LogP contribution < -0.4 is 14.9 Å². The van der Waals surface area contributed by atoms with E-state index in [2.05, 4.69) is 11.8 Å². The van der Waals surface area contributed by atoms with E-state index in [-0.39, 0.29) is 17.1 Å². The molecule has 1 amide bonds. The van der Waals surface area contributed by atoms with Crippen molar-refractivity contribution < 1.29 is 23.4 Å². The van der Waals surface area contributed by atoms with E-state index >= 15 is 0 Å². The van der Waals surface area contributed by atoms with Gasteiger partial charge >= 0.3 is 0 Å². The van der Waals surface area contributed by atoms with Crippen LogP contribution in [-0.2, 0) is 4.74 Å². The molecule has 8 heteroatoms. The van der Waals surface area contributed by atoms with Crippen LogP contribution in [0.1, 0.15) is 65.9 Å². The number of aryl methyl sites for hydroxylation is 1. The zero-order valence-corrected chi connectivity index (χ0v) is 23.2. The number of benzene rings is 2. The van der Waals surface area contributed by atoms with Gasteiger partial charge in [-0.25, -0.2) is 0 Å². The lowest BCUT2D eigenvalue weighted by Crippen LogP contribution is -2.38. The van der Waals surface area contributed by atoms with Gasteiger partial charge < -0.3 is 23.5 Å². The summed E-state index contributed by atoms with van der Waals surface area (Å²) in [4.78, 5) is 31.8. The molecule has 1 aromatic heterocycles. The van der Waals surface area contributed by atoms with Crippen molar-refractivity contribution in [3.05, 3.63) is 69.1 Å². The molecule has 0 radical (unpaired) electrons. The summed E-state index contributed by atoms with van der Waals surface area (Å²) in [7, 11) is 1.61. The van der Waals surface area contributed by atoms with Crippen LogP contribution in [0.5, 0.6) is 11.5 Å². The van der Waals surface area contributed by atoms with Crippen molar-refractivity contribution in [3.8, 4) is 11.5 Å². The van der Waals surface area contributed by atoms with Crippen molar-refractivity contribution in [1.82, 2.24) is 9.80 Å². The van der Waals surface area contributed by atoms with E-state index in [0.717, 1.165) is 69.7 Å². The van der Waals surface area contributed by atoms with Gasteiger partial charge in [-0.2, -0.15) is 0 Å². The summed E-state index contributed by atoms with van der Waals surface area (Å²) < 4.78 is 23.2. The highest BCUT2D eigenvalue weighted by Gasteiger charge is 2.42. The minimum Gasteiger partial charge on any atom is -0.493 e. The molecule has 1 atom stereocenters. The summed E-state index contributed by atoms with van der Waals surface area (Å²) >= 11 is 0. The molecule has 1 unspecified atom stereocenters. The number of methoxy groups -OCH3 is 1. The van der Waals surface area contributed by atoms with Crippen LogP contribution in [0.25, 0.3) is 11.0 Å². The third-order valence-corrected chi connectivity index (χ3v) is 7.61. The lowest BCUT2D eigenvalue weighted by atomic mass is 9.97. The number of unbranched alkanes of at least 4 members (excludes halogenated alkanes) is 2. The molecule has 0 N–H and O–H groups in total. The number of amides is 1. The Morgan fingerprint density at radius 3 is 2.56 bits per heavy atom. The molecule has 0 aliphatic carbocycles. The molecule has 3 heterocycles. The molecule has 0 spiro atoms. The molecule has 8 nitrogen and oxygen atoms in total. The minimum atomic E-state index is -0.568. The lowest BCUT2D eigenvalue weighted by molar-refractivity contribution is 0.0353. The summed E-state index contributed by atoms with van der Waals surface area (Å²) in [5.74, 6) is 1.11. The van der Waals surface area contributed by atoms with E-state index in [4.69, 9.17) is 18.6 Å². The third kappa shape index (κ3) is 5.68. The minimum absolute atomic E-state index is 0.131. The van der Waals surface area contributed by atoms with Crippen molar-refractivity contribution in [3.63, 3.8) is 0 Å². The van der Waals surface area contributed by atoms with Crippen LogP contribution in [0.15, 0.2) is 45.6 Å². The Kier molecular flexibility index (Phi) is 8.53. The van der Waals surface area contributed by atoms with Gasteiger partial charge in [-0.05, 0) is 49.6 Å². The molecule has 1 fully saturated rings. The Hall–Kier alpha value is -3.36. The topological polar surface area (TPSA) is 81.5 Å². The Morgan fingerprint density at radius 2 is 1.79 bits per heavy atom. The van der Waals surface area contributed by atoms with Crippen molar-refractivity contribution in [2.45, 2.75) is 45.6 Å². The summed E-state index contributed by atoms with van der Waals surface area (Å²) in [5, 5.41) is 0.490. The number of hydrogen-bond donors (Lipinski definition) is 0. The molecule has 2 aliphatic heterocycles. The molecule has 3 aromatic rings. The fourth-order valence-corrected chi connectivity index (χ4v) is 5.51. The van der Waals surface area contributed by atoms with Gasteiger partial charge in [0, 0.05) is 26.2 Å². The zero-order valence-electron chi connectivity index (χ0n) is 23.2. The van der Waals surface area contributed by atoms with Crippen molar-refractivity contribution in [2.24, 2.45) is 0 Å². The zero-order chi connectivity index (χ0) is 27.4. The molecular weight excluding hydrogens is 496 g/mol. The molecule has 2 aromatic carbocycles. The lowest BCUT2D eigenvalue weighted by Gasteiger charge is -2.29. The number of ether oxygens (including phenoxy) is 3. The van der Waals surface area contributed by atoms with E-state index < -0.39 is 6.04 Å². The van der Waals surface area contributed by atoms with Crippen LogP contribution in [0, 0.1) is 6.92 Å². The quantitative estimate of drug-likeness (QED) is 0.322. The summed E-state index contributed by atoms with van der Waals surface area (Å²) in [5.41, 5.74) is 2.42. The van der Waals surface area contributed by atoms with E-state index in [9.17, 15) is 9.59 Å². The maximum Gasteiger partial charge on any atom is 0.290 e. The van der Waals surface area contributed by atoms with E-state index in [1.54, 1.807) is 18.1 Å². The second kappa shape index (κ2) is 12.2. The Bertz CT molecular complexity index is 1380. The van der Waals surface area contributed by atoms with Gasteiger partial charge in [0.2, 0.25) is 5.76 Å². The fourth-order valence-electron chi connectivity index (χ4n) is 5.51. The van der Waals surface area contributed by atoms with Crippen molar-refractivity contribution >= 4 is 16.9 Å². The van der Waals surface area contributed by atoms with E-state index in [1.165, 1.54) is 0 Å². The molecule has 208 valence electrons. The number of carbonyl (C=O) groups excluding carboxylic acids is 1. The largest absolute Gasteiger partial charge is 0.493 e. The highest BCUT2D eigenvalue weighted by atomic mass is 16.5. The predicted molar refractivity (Wildman–Crippen MR) is 150 cm³/mol. The number of carbonyl (C=O) groups is 1. The Balaban J connectivity index is 1.50. The van der Waals surface area contributed by atoms with Gasteiger partial charge in [0.1, 0.15) is 5.58 Å². The standard InChI is InChI=1S/C31H38N2O6/c1-4-5-6-16-38-25-11-9-22(20-26(25)36-3)28-27-29(34)23-19-21(2)8-10-24(23)39-30(27)31(35)33(28)13-7-12-32-14-17-37-18-15-32/h8-11,19-20,28H,4-7,12-18H2,1-3H3. The number of morpholine rings is 1. The Labute approximate surface area is 229 Å². The van der Waals surface area contributed by atoms with Crippen LogP contribution in [0.4, 0.5) is 0 Å². The van der Waals surface area contributed by atoms with Crippen molar-refractivity contribution in [1.29, 1.82) is 0 Å². The smallest absolute Gasteiger partial charge is 0.290 e. The van der Waals surface area contributed by atoms with Crippen LogP contribution in [0.2, 0.25) is 0 Å². The van der Waals surface area contributed by atoms with Crippen LogP contribution in [0.3, 0.4) is 0 Å². The molecule has 0 saturated carbocycles. The highest BCUT2D eigenvalue weighted by Crippen LogP contribution is 2.41.